The van der Waals surface area contributed by atoms with E-state index in [9.17, 15) is 4.79 Å². The molecule has 1 amide bonds. The van der Waals surface area contributed by atoms with E-state index in [0.717, 1.165) is 23.8 Å². The highest BCUT2D eigenvalue weighted by molar-refractivity contribution is 7.99. The molecule has 134 valence electrons. The third kappa shape index (κ3) is 4.74. The quantitative estimate of drug-likeness (QED) is 0.643. The molecule has 0 aromatic carbocycles. The molecule has 0 bridgehead atoms. The fourth-order valence-electron chi connectivity index (χ4n) is 4.03. The van der Waals surface area contributed by atoms with Crippen molar-refractivity contribution in [2.24, 2.45) is 0 Å². The molecule has 0 unspecified atom stereocenters. The predicted molar refractivity (Wildman–Crippen MR) is 97.2 cm³/mol. The van der Waals surface area contributed by atoms with Crippen LogP contribution < -0.4 is 5.32 Å². The lowest BCUT2D eigenvalue weighted by atomic mass is 9.95. The molecule has 2 aliphatic rings. The van der Waals surface area contributed by atoms with Gasteiger partial charge in [0.05, 0.1) is 5.75 Å². The van der Waals surface area contributed by atoms with E-state index in [0.29, 0.717) is 17.8 Å². The molecule has 0 spiro atoms. The van der Waals surface area contributed by atoms with E-state index >= 15 is 0 Å². The van der Waals surface area contributed by atoms with Crippen molar-refractivity contribution < 1.29 is 4.79 Å². The Labute approximate surface area is 149 Å². The van der Waals surface area contributed by atoms with Crippen molar-refractivity contribution in [3.63, 3.8) is 0 Å². The molecule has 0 aliphatic heterocycles. The van der Waals surface area contributed by atoms with Crippen molar-refractivity contribution in [2.75, 3.05) is 5.75 Å². The van der Waals surface area contributed by atoms with E-state index in [1.807, 2.05) is 6.92 Å². The van der Waals surface area contributed by atoms with Gasteiger partial charge in [0.2, 0.25) is 5.91 Å². The number of thioether (sulfide) groups is 1. The second-order valence-electron chi connectivity index (χ2n) is 7.24. The van der Waals surface area contributed by atoms with Crippen LogP contribution in [-0.2, 0) is 4.79 Å². The van der Waals surface area contributed by atoms with Gasteiger partial charge in [-0.3, -0.25) is 4.79 Å². The van der Waals surface area contributed by atoms with Gasteiger partial charge in [-0.25, -0.2) is 0 Å². The first-order chi connectivity index (χ1) is 11.7. The molecule has 5 nitrogen and oxygen atoms in total. The number of carbonyl (C=O) groups is 1. The standard InChI is InChI=1S/C18H30N4OS/c1-14-20-21-18(22(14)16-11-7-4-8-12-16)24-13-17(23)19-15-9-5-2-3-6-10-15/h15-16H,2-13H2,1H3,(H,19,23). The molecule has 0 saturated heterocycles. The average molecular weight is 351 g/mol. The Hall–Kier alpha value is -1.04. The molecular formula is C18H30N4OS. The molecule has 2 aliphatic carbocycles. The van der Waals surface area contributed by atoms with Gasteiger partial charge < -0.3 is 9.88 Å². The molecular weight excluding hydrogens is 320 g/mol. The number of hydrogen-bond donors (Lipinski definition) is 1. The van der Waals surface area contributed by atoms with Crippen LogP contribution in [0.4, 0.5) is 0 Å². The van der Waals surface area contributed by atoms with Crippen LogP contribution in [0.1, 0.15) is 82.5 Å². The fourth-order valence-corrected chi connectivity index (χ4v) is 4.89. The fraction of sp³-hybridized carbons (Fsp3) is 0.833. The highest BCUT2D eigenvalue weighted by Crippen LogP contribution is 2.32. The number of nitrogens with one attached hydrogen (secondary N) is 1. The highest BCUT2D eigenvalue weighted by atomic mass is 32.2. The molecule has 0 atom stereocenters. The van der Waals surface area contributed by atoms with E-state index in [-0.39, 0.29) is 5.91 Å². The summed E-state index contributed by atoms with van der Waals surface area (Å²) in [6.45, 7) is 2.03. The number of carbonyl (C=O) groups excluding carboxylic acids is 1. The largest absolute Gasteiger partial charge is 0.353 e. The summed E-state index contributed by atoms with van der Waals surface area (Å²) >= 11 is 1.54. The summed E-state index contributed by atoms with van der Waals surface area (Å²) in [5.74, 6) is 1.57. The van der Waals surface area contributed by atoms with E-state index in [2.05, 4.69) is 20.1 Å². The first kappa shape index (κ1) is 17.8. The Kier molecular flexibility index (Phi) is 6.58. The first-order valence-electron chi connectivity index (χ1n) is 9.57. The maximum Gasteiger partial charge on any atom is 0.230 e. The molecule has 0 radical (unpaired) electrons. The van der Waals surface area contributed by atoms with Crippen LogP contribution in [0.3, 0.4) is 0 Å². The molecule has 2 fully saturated rings. The zero-order valence-electron chi connectivity index (χ0n) is 14.8. The molecule has 24 heavy (non-hydrogen) atoms. The Bertz CT molecular complexity index is 531. The average Bonchev–Trinajstić information content (AvgIpc) is 2.79. The van der Waals surface area contributed by atoms with Gasteiger partial charge in [0, 0.05) is 12.1 Å². The molecule has 3 rings (SSSR count). The molecule has 1 aromatic heterocycles. The molecule has 1 heterocycles. The predicted octanol–water partition coefficient (Wildman–Crippen LogP) is 4.02. The summed E-state index contributed by atoms with van der Waals surface area (Å²) in [4.78, 5) is 12.3. The van der Waals surface area contributed by atoms with Crippen molar-refractivity contribution in [1.82, 2.24) is 20.1 Å². The van der Waals surface area contributed by atoms with Crippen molar-refractivity contribution in [3.8, 4) is 0 Å². The third-order valence-corrected chi connectivity index (χ3v) is 6.27. The molecule has 6 heteroatoms. The Morgan fingerprint density at radius 1 is 1.04 bits per heavy atom. The summed E-state index contributed by atoms with van der Waals surface area (Å²) in [7, 11) is 0. The van der Waals surface area contributed by atoms with Gasteiger partial charge in [-0.1, -0.05) is 56.7 Å². The lowest BCUT2D eigenvalue weighted by Crippen LogP contribution is -2.35. The van der Waals surface area contributed by atoms with Crippen LogP contribution in [-0.4, -0.2) is 32.5 Å². The number of rotatable bonds is 5. The van der Waals surface area contributed by atoms with E-state index in [1.54, 1.807) is 11.8 Å². The third-order valence-electron chi connectivity index (χ3n) is 5.33. The van der Waals surface area contributed by atoms with Crippen LogP contribution >= 0.6 is 11.8 Å². The van der Waals surface area contributed by atoms with Crippen molar-refractivity contribution in [1.29, 1.82) is 0 Å². The van der Waals surface area contributed by atoms with E-state index < -0.39 is 0 Å². The normalized spacial score (nSPS) is 20.7. The highest BCUT2D eigenvalue weighted by Gasteiger charge is 2.22. The van der Waals surface area contributed by atoms with Gasteiger partial charge in [-0.15, -0.1) is 10.2 Å². The Balaban J connectivity index is 1.53. The Morgan fingerprint density at radius 2 is 1.67 bits per heavy atom. The number of aryl methyl sites for hydroxylation is 1. The van der Waals surface area contributed by atoms with Crippen molar-refractivity contribution >= 4 is 17.7 Å². The lowest BCUT2D eigenvalue weighted by Gasteiger charge is -2.25. The van der Waals surface area contributed by atoms with E-state index in [1.165, 1.54) is 57.8 Å². The van der Waals surface area contributed by atoms with Crippen LogP contribution in [0.15, 0.2) is 5.16 Å². The minimum absolute atomic E-state index is 0.141. The van der Waals surface area contributed by atoms with Gasteiger partial charge in [0.25, 0.3) is 0 Å². The second kappa shape index (κ2) is 8.88. The van der Waals surface area contributed by atoms with Crippen LogP contribution in [0.5, 0.6) is 0 Å². The summed E-state index contributed by atoms with van der Waals surface area (Å²) in [5, 5.41) is 12.7. The molecule has 1 N–H and O–H groups in total. The Morgan fingerprint density at radius 3 is 2.38 bits per heavy atom. The first-order valence-corrected chi connectivity index (χ1v) is 10.6. The smallest absolute Gasteiger partial charge is 0.230 e. The lowest BCUT2D eigenvalue weighted by molar-refractivity contribution is -0.119. The minimum Gasteiger partial charge on any atom is -0.353 e. The van der Waals surface area contributed by atoms with Crippen molar-refractivity contribution in [3.05, 3.63) is 5.82 Å². The van der Waals surface area contributed by atoms with Crippen LogP contribution in [0.25, 0.3) is 0 Å². The van der Waals surface area contributed by atoms with Gasteiger partial charge >= 0.3 is 0 Å². The zero-order chi connectivity index (χ0) is 16.8. The van der Waals surface area contributed by atoms with Crippen LogP contribution in [0, 0.1) is 6.92 Å². The maximum atomic E-state index is 12.3. The number of aromatic nitrogens is 3. The van der Waals surface area contributed by atoms with Crippen molar-refractivity contribution in [2.45, 2.75) is 94.8 Å². The van der Waals surface area contributed by atoms with Gasteiger partial charge in [0.15, 0.2) is 5.16 Å². The molecule has 2 saturated carbocycles. The zero-order valence-corrected chi connectivity index (χ0v) is 15.6. The second-order valence-corrected chi connectivity index (χ2v) is 8.18. The van der Waals surface area contributed by atoms with E-state index in [4.69, 9.17) is 0 Å². The summed E-state index contributed by atoms with van der Waals surface area (Å²) in [5.41, 5.74) is 0. The SMILES string of the molecule is Cc1nnc(SCC(=O)NC2CCCCCC2)n1C1CCCCC1. The minimum atomic E-state index is 0.141. The monoisotopic (exact) mass is 350 g/mol. The van der Waals surface area contributed by atoms with Gasteiger partial charge in [-0.05, 0) is 32.6 Å². The molecule has 1 aromatic rings. The summed E-state index contributed by atoms with van der Waals surface area (Å²) in [6.07, 6.45) is 13.7. The number of hydrogen-bond acceptors (Lipinski definition) is 4. The number of amides is 1. The maximum absolute atomic E-state index is 12.3. The van der Waals surface area contributed by atoms with Crippen LogP contribution in [0.2, 0.25) is 0 Å². The van der Waals surface area contributed by atoms with Gasteiger partial charge in [-0.2, -0.15) is 0 Å². The summed E-state index contributed by atoms with van der Waals surface area (Å²) < 4.78 is 2.27. The number of nitrogens with zero attached hydrogens (tertiary/aromatic N) is 3. The van der Waals surface area contributed by atoms with Gasteiger partial charge in [0.1, 0.15) is 5.82 Å². The topological polar surface area (TPSA) is 59.8 Å². The summed E-state index contributed by atoms with van der Waals surface area (Å²) in [6, 6.07) is 0.889.